The van der Waals surface area contributed by atoms with Gasteiger partial charge in [0, 0.05) is 10.2 Å². The predicted octanol–water partition coefficient (Wildman–Crippen LogP) is 4.43. The first kappa shape index (κ1) is 15.2. The number of aliphatic imine (C=N–C) groups is 1. The lowest BCUT2D eigenvalue weighted by Crippen LogP contribution is -2.45. The molecule has 1 aromatic rings. The molecule has 0 saturated heterocycles. The Hall–Kier alpha value is -0.740. The molecule has 0 bridgehead atoms. The van der Waals surface area contributed by atoms with E-state index < -0.39 is 0 Å². The number of nitrogens with zero attached hydrogens (tertiary/aromatic N) is 2. The molecule has 2 aliphatic rings. The van der Waals surface area contributed by atoms with E-state index in [1.807, 2.05) is 18.2 Å². The van der Waals surface area contributed by atoms with E-state index >= 15 is 0 Å². The van der Waals surface area contributed by atoms with Gasteiger partial charge in [0.15, 0.2) is 5.96 Å². The number of anilines is 1. The second kappa shape index (κ2) is 6.17. The third-order valence-electron chi connectivity index (χ3n) is 4.80. The van der Waals surface area contributed by atoms with Crippen LogP contribution in [0.15, 0.2) is 27.7 Å². The Morgan fingerprint density at radius 1 is 1.29 bits per heavy atom. The summed E-state index contributed by atoms with van der Waals surface area (Å²) < 4.78 is 0.900. The highest BCUT2D eigenvalue weighted by molar-refractivity contribution is 9.10. The molecule has 1 atom stereocenters. The molecule has 0 spiro atoms. The molecule has 5 heteroatoms. The number of rotatable bonds is 2. The highest BCUT2D eigenvalue weighted by atomic mass is 79.9. The maximum absolute atomic E-state index is 6.15. The number of hydrogen-bond acceptors (Lipinski definition) is 3. The monoisotopic (exact) mass is 369 g/mol. The van der Waals surface area contributed by atoms with Gasteiger partial charge < -0.3 is 10.6 Å². The molecular formula is C16H21BrClN3. The van der Waals surface area contributed by atoms with Crippen molar-refractivity contribution in [1.29, 1.82) is 0 Å². The average molecular weight is 371 g/mol. The van der Waals surface area contributed by atoms with Crippen LogP contribution in [0.2, 0.25) is 5.02 Å². The van der Waals surface area contributed by atoms with Crippen LogP contribution in [0.5, 0.6) is 0 Å². The zero-order valence-electron chi connectivity index (χ0n) is 12.2. The van der Waals surface area contributed by atoms with Crippen molar-refractivity contribution in [3.05, 3.63) is 27.7 Å². The van der Waals surface area contributed by atoms with Crippen molar-refractivity contribution in [3.8, 4) is 0 Å². The Balaban J connectivity index is 1.83. The Kier molecular flexibility index (Phi) is 4.46. The topological polar surface area (TPSA) is 41.6 Å². The lowest BCUT2D eigenvalue weighted by atomic mass is 9.79. The van der Waals surface area contributed by atoms with E-state index in [-0.39, 0.29) is 0 Å². The molecule has 1 saturated carbocycles. The molecule has 1 aliphatic carbocycles. The van der Waals surface area contributed by atoms with Crippen molar-refractivity contribution in [3.63, 3.8) is 0 Å². The quantitative estimate of drug-likeness (QED) is 0.836. The van der Waals surface area contributed by atoms with Crippen LogP contribution in [0, 0.1) is 11.8 Å². The highest BCUT2D eigenvalue weighted by Gasteiger charge is 2.35. The third kappa shape index (κ3) is 3.07. The summed E-state index contributed by atoms with van der Waals surface area (Å²) in [6.07, 6.45) is 5.19. The van der Waals surface area contributed by atoms with Crippen molar-refractivity contribution >= 4 is 39.2 Å². The second-order valence-electron chi connectivity index (χ2n) is 6.25. The molecule has 21 heavy (non-hydrogen) atoms. The summed E-state index contributed by atoms with van der Waals surface area (Å²) in [6.45, 7) is 3.16. The zero-order valence-corrected chi connectivity index (χ0v) is 14.6. The van der Waals surface area contributed by atoms with E-state index in [1.165, 1.54) is 25.7 Å². The molecule has 114 valence electrons. The molecule has 1 heterocycles. The number of halogens is 2. The molecule has 1 aromatic carbocycles. The van der Waals surface area contributed by atoms with Crippen LogP contribution in [-0.2, 0) is 0 Å². The first-order valence-electron chi connectivity index (χ1n) is 7.60. The first-order chi connectivity index (χ1) is 10.1. The van der Waals surface area contributed by atoms with E-state index in [9.17, 15) is 0 Å². The van der Waals surface area contributed by atoms with E-state index in [0.717, 1.165) is 27.6 Å². The molecule has 1 fully saturated rings. The van der Waals surface area contributed by atoms with Crippen molar-refractivity contribution in [2.24, 2.45) is 22.6 Å². The van der Waals surface area contributed by atoms with Crippen molar-refractivity contribution in [2.75, 3.05) is 11.4 Å². The molecule has 0 amide bonds. The van der Waals surface area contributed by atoms with E-state index in [2.05, 4.69) is 32.7 Å². The Bertz CT molecular complexity index is 552. The minimum Gasteiger partial charge on any atom is -0.370 e. The second-order valence-corrected chi connectivity index (χ2v) is 7.52. The molecule has 0 aromatic heterocycles. The van der Waals surface area contributed by atoms with Crippen LogP contribution in [0.3, 0.4) is 0 Å². The number of guanidine groups is 1. The van der Waals surface area contributed by atoms with E-state index in [4.69, 9.17) is 17.3 Å². The molecule has 1 aliphatic heterocycles. The van der Waals surface area contributed by atoms with Gasteiger partial charge in [0.05, 0.1) is 17.6 Å². The van der Waals surface area contributed by atoms with Gasteiger partial charge in [-0.05, 0) is 58.8 Å². The van der Waals surface area contributed by atoms with Gasteiger partial charge in [-0.25, -0.2) is 0 Å². The molecule has 2 N–H and O–H groups in total. The van der Waals surface area contributed by atoms with Crippen LogP contribution in [0.25, 0.3) is 0 Å². The summed E-state index contributed by atoms with van der Waals surface area (Å²) in [5, 5.41) is 0.719. The molecule has 1 unspecified atom stereocenters. The standard InChI is InChI=1S/C16H21BrClN3/c1-10-2-4-11(5-3-10)15-9-20-16(19)21(15)12-6-7-14(18)13(17)8-12/h6-8,10-11,15H,2-5,9H2,1H3,(H2,19,20). The zero-order chi connectivity index (χ0) is 15.0. The maximum Gasteiger partial charge on any atom is 0.196 e. The minimum atomic E-state index is 0.394. The third-order valence-corrected chi connectivity index (χ3v) is 6.02. The molecule has 0 radical (unpaired) electrons. The summed E-state index contributed by atoms with van der Waals surface area (Å²) in [6, 6.07) is 6.37. The lowest BCUT2D eigenvalue weighted by Gasteiger charge is -2.36. The Labute approximate surface area is 139 Å². The smallest absolute Gasteiger partial charge is 0.196 e. The number of nitrogens with two attached hydrogens (primary N) is 1. The fourth-order valence-corrected chi connectivity index (χ4v) is 3.99. The van der Waals surface area contributed by atoms with Crippen LogP contribution >= 0.6 is 27.5 Å². The molecular weight excluding hydrogens is 350 g/mol. The van der Waals surface area contributed by atoms with Gasteiger partial charge in [0.2, 0.25) is 0 Å². The maximum atomic E-state index is 6.15. The summed E-state index contributed by atoms with van der Waals surface area (Å²) >= 11 is 9.60. The van der Waals surface area contributed by atoms with E-state index in [0.29, 0.717) is 17.9 Å². The molecule has 3 nitrogen and oxygen atoms in total. The van der Waals surface area contributed by atoms with Gasteiger partial charge in [0.1, 0.15) is 0 Å². The van der Waals surface area contributed by atoms with Crippen LogP contribution in [0.1, 0.15) is 32.6 Å². The van der Waals surface area contributed by atoms with Gasteiger partial charge in [-0.1, -0.05) is 31.4 Å². The van der Waals surface area contributed by atoms with Gasteiger partial charge in [0.25, 0.3) is 0 Å². The number of benzene rings is 1. The number of hydrogen-bond donors (Lipinski definition) is 1. The fraction of sp³-hybridized carbons (Fsp3) is 0.562. The van der Waals surface area contributed by atoms with Crippen LogP contribution < -0.4 is 10.6 Å². The SMILES string of the molecule is CC1CCC(C2CN=C(N)N2c2ccc(Cl)c(Br)c2)CC1. The van der Waals surface area contributed by atoms with Gasteiger partial charge in [-0.3, -0.25) is 4.99 Å². The highest BCUT2D eigenvalue weighted by Crippen LogP contribution is 2.37. The summed E-state index contributed by atoms with van der Waals surface area (Å²) in [7, 11) is 0. The van der Waals surface area contributed by atoms with E-state index in [1.54, 1.807) is 0 Å². The van der Waals surface area contributed by atoms with Crippen molar-refractivity contribution in [1.82, 2.24) is 0 Å². The lowest BCUT2D eigenvalue weighted by molar-refractivity contribution is 0.261. The van der Waals surface area contributed by atoms with Crippen LogP contribution in [0.4, 0.5) is 5.69 Å². The Morgan fingerprint density at radius 3 is 2.67 bits per heavy atom. The largest absolute Gasteiger partial charge is 0.370 e. The van der Waals surface area contributed by atoms with Gasteiger partial charge >= 0.3 is 0 Å². The summed E-state index contributed by atoms with van der Waals surface area (Å²) in [5.41, 5.74) is 7.23. The van der Waals surface area contributed by atoms with Gasteiger partial charge in [-0.2, -0.15) is 0 Å². The molecule has 3 rings (SSSR count). The van der Waals surface area contributed by atoms with Crippen LogP contribution in [-0.4, -0.2) is 18.5 Å². The van der Waals surface area contributed by atoms with Gasteiger partial charge in [-0.15, -0.1) is 0 Å². The fourth-order valence-electron chi connectivity index (χ4n) is 3.50. The van der Waals surface area contributed by atoms with Crippen molar-refractivity contribution in [2.45, 2.75) is 38.6 Å². The Morgan fingerprint density at radius 2 is 2.00 bits per heavy atom. The normalized spacial score (nSPS) is 29.6. The summed E-state index contributed by atoms with van der Waals surface area (Å²) in [5.74, 6) is 2.17. The average Bonchev–Trinajstić information content (AvgIpc) is 2.85. The summed E-state index contributed by atoms with van der Waals surface area (Å²) in [4.78, 5) is 6.69. The first-order valence-corrected chi connectivity index (χ1v) is 8.77. The minimum absolute atomic E-state index is 0.394. The predicted molar refractivity (Wildman–Crippen MR) is 93.0 cm³/mol. The van der Waals surface area contributed by atoms with Crippen molar-refractivity contribution < 1.29 is 0 Å².